The quantitative estimate of drug-likeness (QED) is 0.831. The number of hydrogen-bond acceptors (Lipinski definition) is 3. The van der Waals surface area contributed by atoms with E-state index in [1.165, 1.54) is 4.90 Å². The van der Waals surface area contributed by atoms with E-state index < -0.39 is 29.5 Å². The molecule has 0 bridgehead atoms. The molecule has 1 aromatic rings. The summed E-state index contributed by atoms with van der Waals surface area (Å²) < 4.78 is 26.8. The van der Waals surface area contributed by atoms with E-state index in [1.807, 2.05) is 0 Å². The van der Waals surface area contributed by atoms with Crippen LogP contribution in [0, 0.1) is 11.6 Å². The summed E-state index contributed by atoms with van der Waals surface area (Å²) in [4.78, 5) is 37.0. The average molecular weight is 322 g/mol. The largest absolute Gasteiger partial charge is 0.327 e. The summed E-state index contributed by atoms with van der Waals surface area (Å²) in [5.74, 6) is -2.30. The zero-order chi connectivity index (χ0) is 16.6. The molecule has 3 amide bonds. The van der Waals surface area contributed by atoms with Crippen molar-refractivity contribution in [1.29, 1.82) is 0 Å². The van der Waals surface area contributed by atoms with Gasteiger partial charge in [0, 0.05) is 12.5 Å². The highest BCUT2D eigenvalue weighted by Gasteiger charge is 2.44. The van der Waals surface area contributed by atoms with Crippen LogP contribution in [-0.2, 0) is 20.8 Å². The van der Waals surface area contributed by atoms with Crippen molar-refractivity contribution in [2.24, 2.45) is 0 Å². The summed E-state index contributed by atoms with van der Waals surface area (Å²) in [5, 5.41) is 2.19. The summed E-state index contributed by atoms with van der Waals surface area (Å²) in [6, 6.07) is 2.29. The molecule has 1 heterocycles. The summed E-state index contributed by atoms with van der Waals surface area (Å²) in [7, 11) is 0. The lowest BCUT2D eigenvalue weighted by molar-refractivity contribution is -0.139. The number of nitrogens with one attached hydrogen (secondary N) is 1. The lowest BCUT2D eigenvalue weighted by atomic mass is 10.1. The maximum Gasteiger partial charge on any atom is 0.249 e. The minimum atomic E-state index is -0.778. The van der Waals surface area contributed by atoms with Gasteiger partial charge in [0.25, 0.3) is 0 Å². The second-order valence-electron chi connectivity index (χ2n) is 5.90. The SMILES string of the molecule is O=C1C[C@@H](N(C(=O)CCc2cc(F)ccc2F)C2CC2)C(=O)N1. The van der Waals surface area contributed by atoms with Crippen molar-refractivity contribution in [3.8, 4) is 0 Å². The molecule has 23 heavy (non-hydrogen) atoms. The standard InChI is InChI=1S/C16H16F2N2O3/c17-10-2-5-12(18)9(7-10)1-6-15(22)20(11-3-4-11)13-8-14(21)19-16(13)23/h2,5,7,11,13H,1,3-4,6,8H2,(H,19,21,23)/t13-/m1/s1. The maximum absolute atomic E-state index is 13.6. The molecule has 0 aromatic heterocycles. The first kappa shape index (κ1) is 15.6. The zero-order valence-corrected chi connectivity index (χ0v) is 12.4. The molecule has 3 rings (SSSR count). The highest BCUT2D eigenvalue weighted by atomic mass is 19.1. The van der Waals surface area contributed by atoms with Gasteiger partial charge in [-0.2, -0.15) is 0 Å². The number of rotatable bonds is 5. The Labute approximate surface area is 131 Å². The molecule has 1 aliphatic carbocycles. The molecule has 1 atom stereocenters. The van der Waals surface area contributed by atoms with E-state index in [9.17, 15) is 23.2 Å². The summed E-state index contributed by atoms with van der Waals surface area (Å²) in [6.07, 6.45) is 1.56. The first-order valence-electron chi connectivity index (χ1n) is 7.54. The Hall–Kier alpha value is -2.31. The van der Waals surface area contributed by atoms with Crippen LogP contribution in [0.4, 0.5) is 8.78 Å². The van der Waals surface area contributed by atoms with Crippen molar-refractivity contribution < 1.29 is 23.2 Å². The van der Waals surface area contributed by atoms with Crippen LogP contribution in [0.5, 0.6) is 0 Å². The Bertz CT molecular complexity index is 673. The molecule has 122 valence electrons. The van der Waals surface area contributed by atoms with Crippen LogP contribution < -0.4 is 5.32 Å². The van der Waals surface area contributed by atoms with Crippen LogP contribution in [0.25, 0.3) is 0 Å². The van der Waals surface area contributed by atoms with Crippen molar-refractivity contribution >= 4 is 17.7 Å². The number of carbonyl (C=O) groups excluding carboxylic acids is 3. The normalized spacial score (nSPS) is 20.5. The van der Waals surface area contributed by atoms with Crippen molar-refractivity contribution in [3.63, 3.8) is 0 Å². The molecule has 7 heteroatoms. The summed E-state index contributed by atoms with van der Waals surface area (Å²) in [5.41, 5.74) is 0.126. The Morgan fingerprint density at radius 3 is 2.61 bits per heavy atom. The molecular formula is C16H16F2N2O3. The van der Waals surface area contributed by atoms with Crippen LogP contribution in [0.15, 0.2) is 18.2 Å². The van der Waals surface area contributed by atoms with Gasteiger partial charge in [-0.05, 0) is 43.0 Å². The second kappa shape index (κ2) is 6.06. The van der Waals surface area contributed by atoms with E-state index in [0.717, 1.165) is 31.0 Å². The first-order chi connectivity index (χ1) is 11.0. The molecule has 2 aliphatic rings. The average Bonchev–Trinajstić information content (AvgIpc) is 3.26. The van der Waals surface area contributed by atoms with E-state index >= 15 is 0 Å². The number of hydrogen-bond donors (Lipinski definition) is 1. The maximum atomic E-state index is 13.6. The minimum absolute atomic E-state index is 0.0323. The molecule has 0 radical (unpaired) electrons. The highest BCUT2D eigenvalue weighted by Crippen LogP contribution is 2.31. The van der Waals surface area contributed by atoms with Crippen molar-refractivity contribution in [2.75, 3.05) is 0 Å². The molecule has 5 nitrogen and oxygen atoms in total. The van der Waals surface area contributed by atoms with Gasteiger partial charge in [-0.3, -0.25) is 19.7 Å². The number of benzene rings is 1. The highest BCUT2D eigenvalue weighted by molar-refractivity contribution is 6.06. The molecule has 1 saturated heterocycles. The van der Waals surface area contributed by atoms with Crippen LogP contribution in [-0.4, -0.2) is 34.7 Å². The fraction of sp³-hybridized carbons (Fsp3) is 0.438. The molecular weight excluding hydrogens is 306 g/mol. The molecule has 1 aliphatic heterocycles. The van der Waals surface area contributed by atoms with E-state index in [1.54, 1.807) is 0 Å². The third-order valence-electron chi connectivity index (χ3n) is 4.12. The van der Waals surface area contributed by atoms with Crippen molar-refractivity contribution in [3.05, 3.63) is 35.4 Å². The Balaban J connectivity index is 1.69. The molecule has 2 fully saturated rings. The van der Waals surface area contributed by atoms with Gasteiger partial charge in [0.1, 0.15) is 17.7 Å². The molecule has 0 spiro atoms. The van der Waals surface area contributed by atoms with Gasteiger partial charge in [-0.15, -0.1) is 0 Å². The van der Waals surface area contributed by atoms with Gasteiger partial charge in [0.2, 0.25) is 17.7 Å². The van der Waals surface area contributed by atoms with Gasteiger partial charge >= 0.3 is 0 Å². The predicted octanol–water partition coefficient (Wildman–Crippen LogP) is 1.30. The third-order valence-corrected chi connectivity index (χ3v) is 4.12. The lowest BCUT2D eigenvalue weighted by Gasteiger charge is -2.26. The van der Waals surface area contributed by atoms with Gasteiger partial charge < -0.3 is 4.90 Å². The van der Waals surface area contributed by atoms with Crippen molar-refractivity contribution in [2.45, 2.75) is 44.2 Å². The number of nitrogens with zero attached hydrogens (tertiary/aromatic N) is 1. The number of halogens is 2. The summed E-state index contributed by atoms with van der Waals surface area (Å²) >= 11 is 0. The number of aryl methyl sites for hydroxylation is 1. The van der Waals surface area contributed by atoms with Crippen LogP contribution in [0.1, 0.15) is 31.2 Å². The number of imide groups is 1. The van der Waals surface area contributed by atoms with Gasteiger partial charge in [-0.25, -0.2) is 8.78 Å². The van der Waals surface area contributed by atoms with Gasteiger partial charge in [0.05, 0.1) is 6.42 Å². The van der Waals surface area contributed by atoms with Gasteiger partial charge in [0.15, 0.2) is 0 Å². The fourth-order valence-electron chi connectivity index (χ4n) is 2.85. The minimum Gasteiger partial charge on any atom is -0.327 e. The van der Waals surface area contributed by atoms with Crippen LogP contribution in [0.2, 0.25) is 0 Å². The Morgan fingerprint density at radius 1 is 1.26 bits per heavy atom. The fourth-order valence-corrected chi connectivity index (χ4v) is 2.85. The van der Waals surface area contributed by atoms with Crippen LogP contribution >= 0.6 is 0 Å². The zero-order valence-electron chi connectivity index (χ0n) is 12.4. The molecule has 1 N–H and O–H groups in total. The summed E-state index contributed by atoms with van der Waals surface area (Å²) in [6.45, 7) is 0. The monoisotopic (exact) mass is 322 g/mol. The van der Waals surface area contributed by atoms with Crippen LogP contribution in [0.3, 0.4) is 0 Å². The first-order valence-corrected chi connectivity index (χ1v) is 7.54. The third kappa shape index (κ3) is 3.38. The van der Waals surface area contributed by atoms with Crippen molar-refractivity contribution in [1.82, 2.24) is 10.2 Å². The lowest BCUT2D eigenvalue weighted by Crippen LogP contribution is -2.46. The Kier molecular flexibility index (Phi) is 4.11. The number of carbonyl (C=O) groups is 3. The molecule has 0 unspecified atom stereocenters. The molecule has 1 aromatic carbocycles. The van der Waals surface area contributed by atoms with E-state index in [4.69, 9.17) is 0 Å². The van der Waals surface area contributed by atoms with Gasteiger partial charge in [-0.1, -0.05) is 0 Å². The smallest absolute Gasteiger partial charge is 0.249 e. The van der Waals surface area contributed by atoms with E-state index in [2.05, 4.69) is 5.32 Å². The predicted molar refractivity (Wildman–Crippen MR) is 76.1 cm³/mol. The Morgan fingerprint density at radius 2 is 2.00 bits per heavy atom. The molecule has 1 saturated carbocycles. The topological polar surface area (TPSA) is 66.5 Å². The van der Waals surface area contributed by atoms with E-state index in [0.29, 0.717) is 0 Å². The van der Waals surface area contributed by atoms with E-state index in [-0.39, 0.29) is 36.8 Å². The second-order valence-corrected chi connectivity index (χ2v) is 5.90. The number of amides is 3.